The van der Waals surface area contributed by atoms with Crippen LogP contribution in [0.25, 0.3) is 22.4 Å². The summed E-state index contributed by atoms with van der Waals surface area (Å²) in [6.07, 6.45) is 6.12. The fourth-order valence-electron chi connectivity index (χ4n) is 5.70. The Bertz CT molecular complexity index is 1510. The number of ether oxygens (including phenoxy) is 3. The molecule has 0 saturated carbocycles. The van der Waals surface area contributed by atoms with Gasteiger partial charge in [-0.05, 0) is 55.2 Å². The molecule has 2 aliphatic rings. The molecule has 2 aromatic heterocycles. The summed E-state index contributed by atoms with van der Waals surface area (Å²) in [5, 5.41) is 7.96. The molecule has 220 valence electrons. The van der Waals surface area contributed by atoms with E-state index in [-0.39, 0.29) is 24.3 Å². The number of aromatic nitrogens is 4. The van der Waals surface area contributed by atoms with Crippen LogP contribution in [-0.2, 0) is 16.1 Å². The van der Waals surface area contributed by atoms with Gasteiger partial charge in [-0.25, -0.2) is 19.4 Å². The molecule has 1 atom stereocenters. The van der Waals surface area contributed by atoms with Crippen molar-refractivity contribution in [3.63, 3.8) is 0 Å². The van der Waals surface area contributed by atoms with Crippen molar-refractivity contribution in [3.05, 3.63) is 66.4 Å². The predicted octanol–water partition coefficient (Wildman–Crippen LogP) is 5.73. The number of alkyl carbamates (subject to hydrolysis) is 1. The Labute approximate surface area is 246 Å². The van der Waals surface area contributed by atoms with Crippen molar-refractivity contribution in [2.45, 2.75) is 51.9 Å². The van der Waals surface area contributed by atoms with Gasteiger partial charge >= 0.3 is 6.09 Å². The first-order chi connectivity index (χ1) is 20.5. The number of piperidine rings is 1. The van der Waals surface area contributed by atoms with Crippen LogP contribution in [0, 0.1) is 5.41 Å². The van der Waals surface area contributed by atoms with Crippen LogP contribution in [0.2, 0.25) is 0 Å². The number of carbonyl (C=O) groups is 1. The monoisotopic (exact) mass is 570 g/mol. The molecule has 0 spiro atoms. The fraction of sp³-hybridized carbons (Fsp3) is 0.438. The van der Waals surface area contributed by atoms with Gasteiger partial charge < -0.3 is 24.4 Å². The first kappa shape index (κ1) is 28.0. The van der Waals surface area contributed by atoms with E-state index in [9.17, 15) is 4.79 Å². The third-order valence-corrected chi connectivity index (χ3v) is 8.35. The second kappa shape index (κ2) is 12.4. The van der Waals surface area contributed by atoms with Gasteiger partial charge in [0.05, 0.1) is 13.3 Å². The molecule has 2 aromatic carbocycles. The van der Waals surface area contributed by atoms with Gasteiger partial charge in [0.15, 0.2) is 11.9 Å². The molecule has 1 amide bonds. The summed E-state index contributed by atoms with van der Waals surface area (Å²) in [5.41, 5.74) is 4.01. The Balaban J connectivity index is 1.16. The summed E-state index contributed by atoms with van der Waals surface area (Å²) in [4.78, 5) is 24.6. The average Bonchev–Trinajstić information content (AvgIpc) is 3.43. The first-order valence-corrected chi connectivity index (χ1v) is 14.7. The molecule has 4 aromatic rings. The van der Waals surface area contributed by atoms with E-state index in [1.807, 2.05) is 65.5 Å². The lowest BCUT2D eigenvalue weighted by Gasteiger charge is -2.39. The molecule has 1 N–H and O–H groups in total. The number of nitrogens with one attached hydrogen (secondary N) is 1. The van der Waals surface area contributed by atoms with E-state index in [2.05, 4.69) is 17.1 Å². The molecule has 6 rings (SSSR count). The number of benzene rings is 2. The third-order valence-electron chi connectivity index (χ3n) is 8.35. The molecule has 1 unspecified atom stereocenters. The van der Waals surface area contributed by atoms with Gasteiger partial charge in [-0.3, -0.25) is 0 Å². The SMILES string of the molecule is COc1ccccc1-c1nn(C2CCCCO2)c2nc(N3CCC(C)(CNC(=O)OCc4ccccc4)CC3)cnc12. The molecular weight excluding hydrogens is 532 g/mol. The highest BCUT2D eigenvalue weighted by atomic mass is 16.5. The van der Waals surface area contributed by atoms with Crippen molar-refractivity contribution in [1.82, 2.24) is 25.1 Å². The minimum Gasteiger partial charge on any atom is -0.496 e. The van der Waals surface area contributed by atoms with Crippen molar-refractivity contribution in [3.8, 4) is 17.0 Å². The minimum atomic E-state index is -0.386. The summed E-state index contributed by atoms with van der Waals surface area (Å²) in [6.45, 7) is 5.37. The molecule has 0 radical (unpaired) electrons. The molecule has 42 heavy (non-hydrogen) atoms. The lowest BCUT2D eigenvalue weighted by atomic mass is 9.80. The predicted molar refractivity (Wildman–Crippen MR) is 160 cm³/mol. The standard InChI is InChI=1S/C32H38N6O4/c1-32(22-34-31(39)42-21-23-10-4-3-5-11-23)15-17-37(18-16-32)26-20-33-29-28(24-12-6-7-13-25(24)40-2)36-38(30(29)35-26)27-14-8-9-19-41-27/h3-7,10-13,20,27H,8-9,14-19,21-22H2,1-2H3,(H,34,39). The summed E-state index contributed by atoms with van der Waals surface area (Å²) in [6, 6.07) is 17.6. The first-order valence-electron chi connectivity index (χ1n) is 14.7. The highest BCUT2D eigenvalue weighted by molar-refractivity contribution is 5.90. The van der Waals surface area contributed by atoms with E-state index in [1.165, 1.54) is 0 Å². The zero-order chi connectivity index (χ0) is 28.9. The highest BCUT2D eigenvalue weighted by Crippen LogP contribution is 2.37. The van der Waals surface area contributed by atoms with E-state index in [1.54, 1.807) is 7.11 Å². The van der Waals surface area contributed by atoms with Crippen molar-refractivity contribution in [2.24, 2.45) is 5.41 Å². The number of carbonyl (C=O) groups excluding carboxylic acids is 1. The molecule has 0 bridgehead atoms. The Morgan fingerprint density at radius 3 is 2.64 bits per heavy atom. The maximum atomic E-state index is 12.3. The number of fused-ring (bicyclic) bond motifs is 1. The van der Waals surface area contributed by atoms with Gasteiger partial charge in [0, 0.05) is 31.8 Å². The smallest absolute Gasteiger partial charge is 0.407 e. The number of amides is 1. The van der Waals surface area contributed by atoms with Crippen LogP contribution in [0.3, 0.4) is 0 Å². The Hall–Kier alpha value is -4.18. The number of rotatable bonds is 8. The quantitative estimate of drug-likeness (QED) is 0.286. The zero-order valence-electron chi connectivity index (χ0n) is 24.3. The summed E-state index contributed by atoms with van der Waals surface area (Å²) >= 11 is 0. The summed E-state index contributed by atoms with van der Waals surface area (Å²) in [5.74, 6) is 1.57. The van der Waals surface area contributed by atoms with Crippen LogP contribution >= 0.6 is 0 Å². The molecule has 2 saturated heterocycles. The van der Waals surface area contributed by atoms with Crippen LogP contribution < -0.4 is 15.0 Å². The topological polar surface area (TPSA) is 104 Å². The van der Waals surface area contributed by atoms with E-state index in [0.717, 1.165) is 84.7 Å². The Morgan fingerprint density at radius 2 is 1.88 bits per heavy atom. The molecule has 10 heteroatoms. The largest absolute Gasteiger partial charge is 0.496 e. The van der Waals surface area contributed by atoms with Gasteiger partial charge in [0.2, 0.25) is 0 Å². The number of para-hydroxylation sites is 1. The van der Waals surface area contributed by atoms with Crippen molar-refractivity contribution < 1.29 is 19.0 Å². The average molecular weight is 571 g/mol. The van der Waals surface area contributed by atoms with E-state index in [0.29, 0.717) is 13.2 Å². The molecule has 10 nitrogen and oxygen atoms in total. The van der Waals surface area contributed by atoms with Gasteiger partial charge in [-0.2, -0.15) is 5.10 Å². The summed E-state index contributed by atoms with van der Waals surface area (Å²) < 4.78 is 19.1. The second-order valence-corrected chi connectivity index (χ2v) is 11.4. The van der Waals surface area contributed by atoms with Crippen LogP contribution in [0.5, 0.6) is 5.75 Å². The number of hydrogen-bond acceptors (Lipinski definition) is 8. The molecule has 2 aliphatic heterocycles. The lowest BCUT2D eigenvalue weighted by molar-refractivity contribution is -0.0368. The Kier molecular flexibility index (Phi) is 8.23. The zero-order valence-corrected chi connectivity index (χ0v) is 24.3. The highest BCUT2D eigenvalue weighted by Gasteiger charge is 2.32. The number of anilines is 1. The maximum absolute atomic E-state index is 12.3. The fourth-order valence-corrected chi connectivity index (χ4v) is 5.70. The van der Waals surface area contributed by atoms with Crippen molar-refractivity contribution in [2.75, 3.05) is 38.3 Å². The van der Waals surface area contributed by atoms with Crippen LogP contribution in [-0.4, -0.2) is 59.2 Å². The van der Waals surface area contributed by atoms with E-state index < -0.39 is 0 Å². The van der Waals surface area contributed by atoms with Gasteiger partial charge in [0.1, 0.15) is 29.4 Å². The van der Waals surface area contributed by atoms with Crippen molar-refractivity contribution in [1.29, 1.82) is 0 Å². The van der Waals surface area contributed by atoms with Crippen LogP contribution in [0.15, 0.2) is 60.8 Å². The maximum Gasteiger partial charge on any atom is 0.407 e. The van der Waals surface area contributed by atoms with Gasteiger partial charge in [-0.15, -0.1) is 0 Å². The van der Waals surface area contributed by atoms with Crippen molar-refractivity contribution >= 4 is 23.1 Å². The number of nitrogens with zero attached hydrogens (tertiary/aromatic N) is 5. The number of hydrogen-bond donors (Lipinski definition) is 1. The third kappa shape index (κ3) is 6.04. The molecule has 4 heterocycles. The minimum absolute atomic E-state index is 0.0332. The van der Waals surface area contributed by atoms with E-state index >= 15 is 0 Å². The van der Waals surface area contributed by atoms with Crippen LogP contribution in [0.4, 0.5) is 10.6 Å². The number of methoxy groups -OCH3 is 1. The normalized spacial score (nSPS) is 18.5. The second-order valence-electron chi connectivity index (χ2n) is 11.4. The Morgan fingerprint density at radius 1 is 1.10 bits per heavy atom. The summed E-state index contributed by atoms with van der Waals surface area (Å²) in [7, 11) is 1.67. The van der Waals surface area contributed by atoms with Gasteiger partial charge in [-0.1, -0.05) is 49.4 Å². The van der Waals surface area contributed by atoms with Gasteiger partial charge in [0.25, 0.3) is 0 Å². The molecule has 0 aliphatic carbocycles. The van der Waals surface area contributed by atoms with E-state index in [4.69, 9.17) is 29.3 Å². The molecular formula is C32H38N6O4. The lowest BCUT2D eigenvalue weighted by Crippen LogP contribution is -2.45. The van der Waals surface area contributed by atoms with Crippen LogP contribution in [0.1, 0.15) is 50.8 Å². The molecule has 2 fully saturated rings.